The molecule has 0 fully saturated rings. The van der Waals surface area contributed by atoms with E-state index in [0.29, 0.717) is 23.9 Å². The smallest absolute Gasteiger partial charge is 0.387 e. The summed E-state index contributed by atoms with van der Waals surface area (Å²) in [4.78, 5) is 23.4. The molecule has 0 saturated carbocycles. The molecule has 9 heteroatoms. The molecule has 0 heterocycles. The SMILES string of the molecule is CC/C=C\C/C=C\C/C=C\C/C=C\C/C=C\C/C=C\C/C=C\C/C=C\C/C=C\C/C=C\C/C=C\CCCCCC(=O)NC(COP(=O)(O)OCC[N+](C)(C)C)C(O)/C=C/CC/C=C/CCCCCCCCCCCCCCCCCCCC. The van der Waals surface area contributed by atoms with Crippen LogP contribution in [0.5, 0.6) is 0 Å². The lowest BCUT2D eigenvalue weighted by Crippen LogP contribution is -2.45. The van der Waals surface area contributed by atoms with Gasteiger partial charge in [-0.15, -0.1) is 0 Å². The summed E-state index contributed by atoms with van der Waals surface area (Å²) >= 11 is 0. The predicted octanol–water partition coefficient (Wildman–Crippen LogP) is 21.4. The highest BCUT2D eigenvalue weighted by atomic mass is 31.2. The third-order valence-corrected chi connectivity index (χ3v) is 15.0. The number of carbonyl (C=O) groups is 1. The molecule has 0 rings (SSSR count). The normalized spacial score (nSPS) is 14.7. The van der Waals surface area contributed by atoms with Gasteiger partial charge in [-0.2, -0.15) is 0 Å². The predicted molar refractivity (Wildman–Crippen MR) is 364 cm³/mol. The monoisotopic (exact) mass is 1170 g/mol. The Morgan fingerprint density at radius 2 is 0.735 bits per heavy atom. The van der Waals surface area contributed by atoms with Crippen molar-refractivity contribution in [1.29, 1.82) is 0 Å². The molecule has 0 aliphatic carbocycles. The number of quaternary nitrogens is 1. The van der Waals surface area contributed by atoms with Gasteiger partial charge in [-0.25, -0.2) is 4.57 Å². The standard InChI is InChI=1S/C74H125N2O6P/c1-6-8-10-12-14-16-18-20-22-24-26-28-30-32-33-34-35-36-37-38-39-40-41-42-43-44-46-48-50-52-54-56-58-60-62-64-66-68-74(78)75-72(71-82-83(79,80)81-70-69-76(3,4)5)73(77)67-65-63-61-59-57-55-53-51-49-47-45-31-29-27-25-23-21-19-17-15-13-11-9-7-2/h8,10,14,16,20,22,26,28,32-33,35-36,38-39,41-42,44,46,50,52,56-59,65,67,72-73,77H,6-7,9,11-13,15,17-19,21,23-25,27,29-31,34,37,40,43,45,47-49,51,53-55,60-64,66,68-71H2,1-5H3,(H-,75,78,79,80)/p+1/b10-8-,16-14-,22-20-,28-26-,33-32-,36-35-,39-38-,42-41-,46-44-,52-50-,58-56-,59-57+,67-65+. The fourth-order valence-electron chi connectivity index (χ4n) is 8.83. The summed E-state index contributed by atoms with van der Waals surface area (Å²) in [7, 11) is 1.51. The van der Waals surface area contributed by atoms with Crippen molar-refractivity contribution in [1.82, 2.24) is 5.32 Å². The van der Waals surface area contributed by atoms with E-state index in [1.807, 2.05) is 27.2 Å². The van der Waals surface area contributed by atoms with Gasteiger partial charge in [0.1, 0.15) is 13.2 Å². The van der Waals surface area contributed by atoms with E-state index < -0.39 is 20.0 Å². The first kappa shape index (κ1) is 79.1. The molecule has 8 nitrogen and oxygen atoms in total. The molecule has 1 amide bonds. The third-order valence-electron chi connectivity index (χ3n) is 14.0. The highest BCUT2D eigenvalue weighted by Crippen LogP contribution is 2.43. The second kappa shape index (κ2) is 62.6. The first-order valence-electron chi connectivity index (χ1n) is 33.4. The number of unbranched alkanes of at least 4 members (excludes halogenated alkanes) is 22. The average Bonchev–Trinajstić information content (AvgIpc) is 3.50. The van der Waals surface area contributed by atoms with Crippen LogP contribution in [0, 0.1) is 0 Å². The number of nitrogens with one attached hydrogen (secondary N) is 1. The lowest BCUT2D eigenvalue weighted by molar-refractivity contribution is -0.870. The Morgan fingerprint density at radius 1 is 0.422 bits per heavy atom. The number of aliphatic hydroxyl groups is 1. The fraction of sp³-hybridized carbons (Fsp3) is 0.635. The van der Waals surface area contributed by atoms with E-state index in [1.54, 1.807) is 6.08 Å². The molecule has 472 valence electrons. The first-order chi connectivity index (χ1) is 40.5. The van der Waals surface area contributed by atoms with Crippen LogP contribution in [0.15, 0.2) is 158 Å². The largest absolute Gasteiger partial charge is 0.472 e. The number of likely N-dealkylation sites (N-methyl/N-ethyl adjacent to an activating group) is 1. The van der Waals surface area contributed by atoms with Gasteiger partial charge in [0, 0.05) is 6.42 Å². The van der Waals surface area contributed by atoms with Gasteiger partial charge in [0.15, 0.2) is 0 Å². The number of phosphoric acid groups is 1. The zero-order valence-electron chi connectivity index (χ0n) is 53.9. The Hall–Kier alpha value is -3.88. The molecule has 0 bridgehead atoms. The number of amides is 1. The summed E-state index contributed by atoms with van der Waals surface area (Å²) in [6.07, 6.45) is 98.1. The zero-order valence-corrected chi connectivity index (χ0v) is 54.8. The molecule has 0 aliphatic heterocycles. The van der Waals surface area contributed by atoms with Crippen LogP contribution in [-0.4, -0.2) is 73.4 Å². The van der Waals surface area contributed by atoms with Crippen LogP contribution in [0.3, 0.4) is 0 Å². The van der Waals surface area contributed by atoms with Crippen LogP contribution >= 0.6 is 7.82 Å². The Balaban J connectivity index is 4.29. The van der Waals surface area contributed by atoms with Gasteiger partial charge >= 0.3 is 7.82 Å². The summed E-state index contributed by atoms with van der Waals surface area (Å²) in [6, 6.07) is -0.895. The number of carbonyl (C=O) groups excluding carboxylic acids is 1. The van der Waals surface area contributed by atoms with Gasteiger partial charge in [0.25, 0.3) is 0 Å². The van der Waals surface area contributed by atoms with E-state index >= 15 is 0 Å². The Kier molecular flexibility index (Phi) is 59.7. The molecule has 0 aromatic carbocycles. The van der Waals surface area contributed by atoms with E-state index in [1.165, 1.54) is 116 Å². The highest BCUT2D eigenvalue weighted by Gasteiger charge is 2.27. The van der Waals surface area contributed by atoms with Crippen molar-refractivity contribution in [3.63, 3.8) is 0 Å². The number of phosphoric ester groups is 1. The van der Waals surface area contributed by atoms with Crippen LogP contribution in [0.25, 0.3) is 0 Å². The number of nitrogens with zero attached hydrogens (tertiary/aromatic N) is 1. The second-order valence-electron chi connectivity index (χ2n) is 23.1. The van der Waals surface area contributed by atoms with E-state index in [4.69, 9.17) is 9.05 Å². The Labute approximate surface area is 511 Å². The molecule has 3 N–H and O–H groups in total. The zero-order chi connectivity index (χ0) is 60.5. The van der Waals surface area contributed by atoms with Crippen molar-refractivity contribution in [2.45, 2.75) is 264 Å². The van der Waals surface area contributed by atoms with Crippen molar-refractivity contribution in [2.24, 2.45) is 0 Å². The van der Waals surface area contributed by atoms with Gasteiger partial charge in [-0.1, -0.05) is 287 Å². The third kappa shape index (κ3) is 65.5. The molecule has 3 unspecified atom stereocenters. The number of rotatable bonds is 59. The van der Waals surface area contributed by atoms with E-state index in [9.17, 15) is 19.4 Å². The molecule has 0 aliphatic rings. The number of allylic oxidation sites excluding steroid dienone is 25. The van der Waals surface area contributed by atoms with Gasteiger partial charge < -0.3 is 19.8 Å². The van der Waals surface area contributed by atoms with Gasteiger partial charge in [0.05, 0.1) is 39.9 Å². The minimum atomic E-state index is -4.38. The van der Waals surface area contributed by atoms with Gasteiger partial charge in [-0.05, 0) is 116 Å². The van der Waals surface area contributed by atoms with Crippen LogP contribution in [0.2, 0.25) is 0 Å². The molecule has 3 atom stereocenters. The van der Waals surface area contributed by atoms with E-state index in [-0.39, 0.29) is 19.1 Å². The minimum absolute atomic E-state index is 0.0408. The van der Waals surface area contributed by atoms with Crippen molar-refractivity contribution in [2.75, 3.05) is 40.9 Å². The second-order valence-corrected chi connectivity index (χ2v) is 24.6. The molecule has 0 saturated heterocycles. The topological polar surface area (TPSA) is 105 Å². The summed E-state index contributed by atoms with van der Waals surface area (Å²) in [5.41, 5.74) is 0. The average molecular weight is 1170 g/mol. The van der Waals surface area contributed by atoms with Crippen molar-refractivity contribution in [3.05, 3.63) is 158 Å². The van der Waals surface area contributed by atoms with Crippen molar-refractivity contribution >= 4 is 13.7 Å². The number of hydrogen-bond donors (Lipinski definition) is 3. The van der Waals surface area contributed by atoms with Crippen LogP contribution in [0.1, 0.15) is 251 Å². The maximum atomic E-state index is 13.0. The maximum Gasteiger partial charge on any atom is 0.472 e. The summed E-state index contributed by atoms with van der Waals surface area (Å²) in [6.45, 7) is 4.65. The Bertz CT molecular complexity index is 1910. The lowest BCUT2D eigenvalue weighted by atomic mass is 10.0. The van der Waals surface area contributed by atoms with Crippen molar-refractivity contribution in [3.8, 4) is 0 Å². The van der Waals surface area contributed by atoms with Gasteiger partial charge in [-0.3, -0.25) is 13.8 Å². The van der Waals surface area contributed by atoms with Crippen molar-refractivity contribution < 1.29 is 32.9 Å². The Morgan fingerprint density at radius 3 is 1.11 bits per heavy atom. The quantitative estimate of drug-likeness (QED) is 0.0243. The molecule has 0 spiro atoms. The lowest BCUT2D eigenvalue weighted by Gasteiger charge is -2.25. The number of hydrogen-bond acceptors (Lipinski definition) is 5. The molecule has 0 aromatic heterocycles. The van der Waals surface area contributed by atoms with Crippen LogP contribution in [0.4, 0.5) is 0 Å². The molecular weight excluding hydrogens is 1040 g/mol. The number of aliphatic hydroxyl groups excluding tert-OH is 1. The molecule has 0 aromatic rings. The molecule has 0 radical (unpaired) electrons. The molecular formula is C74H126N2O6P+. The minimum Gasteiger partial charge on any atom is -0.387 e. The fourth-order valence-corrected chi connectivity index (χ4v) is 9.56. The molecule has 83 heavy (non-hydrogen) atoms. The maximum absolute atomic E-state index is 13.0. The summed E-state index contributed by atoms with van der Waals surface area (Å²) < 4.78 is 23.7. The van der Waals surface area contributed by atoms with E-state index in [0.717, 1.165) is 109 Å². The van der Waals surface area contributed by atoms with E-state index in [2.05, 4.69) is 165 Å². The van der Waals surface area contributed by atoms with Gasteiger partial charge in [0.2, 0.25) is 5.91 Å². The van der Waals surface area contributed by atoms with Crippen LogP contribution in [-0.2, 0) is 18.4 Å². The summed E-state index contributed by atoms with van der Waals surface area (Å²) in [5.74, 6) is -0.224. The summed E-state index contributed by atoms with van der Waals surface area (Å²) in [5, 5.41) is 13.9. The first-order valence-corrected chi connectivity index (χ1v) is 34.9. The van der Waals surface area contributed by atoms with Crippen LogP contribution < -0.4 is 5.32 Å². The highest BCUT2D eigenvalue weighted by molar-refractivity contribution is 7.47.